The van der Waals surface area contributed by atoms with Gasteiger partial charge >= 0.3 is 0 Å². The molecule has 0 amide bonds. The van der Waals surface area contributed by atoms with E-state index in [-0.39, 0.29) is 0 Å². The van der Waals surface area contributed by atoms with Crippen molar-refractivity contribution in [2.24, 2.45) is 0 Å². The third-order valence-corrected chi connectivity index (χ3v) is 5.25. The van der Waals surface area contributed by atoms with E-state index in [9.17, 15) is 5.26 Å². The summed E-state index contributed by atoms with van der Waals surface area (Å²) in [5.74, 6) is 1.00. The number of nitriles is 1. The third kappa shape index (κ3) is 4.48. The number of benzene rings is 2. The van der Waals surface area contributed by atoms with Gasteiger partial charge in [-0.3, -0.25) is 0 Å². The number of thiazole rings is 1. The van der Waals surface area contributed by atoms with E-state index in [4.69, 9.17) is 32.7 Å². The van der Waals surface area contributed by atoms with E-state index in [2.05, 4.69) is 11.1 Å². The van der Waals surface area contributed by atoms with E-state index in [0.29, 0.717) is 38.7 Å². The van der Waals surface area contributed by atoms with Gasteiger partial charge in [-0.2, -0.15) is 5.26 Å². The first-order chi connectivity index (χ1) is 13.5. The molecule has 0 radical (unpaired) electrons. The molecular formula is C21H16Cl2N2O2S. The van der Waals surface area contributed by atoms with Crippen LogP contribution in [0.5, 0.6) is 11.5 Å². The lowest BCUT2D eigenvalue weighted by Crippen LogP contribution is -1.96. The van der Waals surface area contributed by atoms with Crippen molar-refractivity contribution in [2.45, 2.75) is 6.92 Å². The van der Waals surface area contributed by atoms with Crippen molar-refractivity contribution in [3.63, 3.8) is 0 Å². The van der Waals surface area contributed by atoms with Gasteiger partial charge in [0, 0.05) is 16.0 Å². The number of aromatic nitrogens is 1. The number of hydrogen-bond acceptors (Lipinski definition) is 5. The van der Waals surface area contributed by atoms with E-state index in [1.165, 1.54) is 11.3 Å². The molecule has 2 aromatic carbocycles. The maximum absolute atomic E-state index is 9.63. The van der Waals surface area contributed by atoms with Crippen LogP contribution in [0.15, 0.2) is 41.8 Å². The molecule has 0 spiro atoms. The molecule has 3 rings (SSSR count). The quantitative estimate of drug-likeness (QED) is 0.413. The number of hydrogen-bond donors (Lipinski definition) is 0. The van der Waals surface area contributed by atoms with Crippen molar-refractivity contribution in [1.29, 1.82) is 5.26 Å². The van der Waals surface area contributed by atoms with E-state index in [1.54, 1.807) is 25.3 Å². The fraction of sp³-hybridized carbons (Fsp3) is 0.143. The van der Waals surface area contributed by atoms with Gasteiger partial charge in [0.15, 0.2) is 11.5 Å². The summed E-state index contributed by atoms with van der Waals surface area (Å²) in [6.45, 7) is 2.35. The first kappa shape index (κ1) is 20.2. The second-order valence-electron chi connectivity index (χ2n) is 5.68. The molecule has 142 valence electrons. The highest BCUT2D eigenvalue weighted by molar-refractivity contribution is 7.11. The number of rotatable bonds is 6. The lowest BCUT2D eigenvalue weighted by molar-refractivity contribution is 0.311. The van der Waals surface area contributed by atoms with Crippen LogP contribution in [0.4, 0.5) is 0 Å². The molecule has 1 heterocycles. The minimum absolute atomic E-state index is 0.422. The van der Waals surface area contributed by atoms with Crippen molar-refractivity contribution in [3.8, 4) is 28.8 Å². The first-order valence-electron chi connectivity index (χ1n) is 8.39. The van der Waals surface area contributed by atoms with Gasteiger partial charge in [-0.15, -0.1) is 11.3 Å². The van der Waals surface area contributed by atoms with Crippen LogP contribution >= 0.6 is 34.5 Å². The average Bonchev–Trinajstić information content (AvgIpc) is 3.18. The Morgan fingerprint density at radius 2 is 2.00 bits per heavy atom. The average molecular weight is 431 g/mol. The van der Waals surface area contributed by atoms with Gasteiger partial charge < -0.3 is 9.47 Å². The summed E-state index contributed by atoms with van der Waals surface area (Å²) < 4.78 is 10.9. The Morgan fingerprint density at radius 1 is 1.25 bits per heavy atom. The Kier molecular flexibility index (Phi) is 6.58. The van der Waals surface area contributed by atoms with Crippen molar-refractivity contribution < 1.29 is 9.47 Å². The van der Waals surface area contributed by atoms with Gasteiger partial charge in [0.25, 0.3) is 0 Å². The summed E-state index contributed by atoms with van der Waals surface area (Å²) in [6.07, 6.45) is 1.73. The highest BCUT2D eigenvalue weighted by Crippen LogP contribution is 2.37. The topological polar surface area (TPSA) is 55.1 Å². The van der Waals surface area contributed by atoms with Gasteiger partial charge in [0.2, 0.25) is 0 Å². The second-order valence-corrected chi connectivity index (χ2v) is 7.38. The normalized spacial score (nSPS) is 11.2. The predicted octanol–water partition coefficient (Wildman–Crippen LogP) is 6.59. The molecule has 0 aliphatic carbocycles. The van der Waals surface area contributed by atoms with Gasteiger partial charge in [-0.05, 0) is 42.8 Å². The highest BCUT2D eigenvalue weighted by atomic mass is 35.5. The van der Waals surface area contributed by atoms with Crippen LogP contribution in [0.2, 0.25) is 10.0 Å². The van der Waals surface area contributed by atoms with Crippen LogP contribution in [-0.2, 0) is 0 Å². The van der Waals surface area contributed by atoms with Crippen molar-refractivity contribution in [2.75, 3.05) is 13.7 Å². The first-order valence-corrected chi connectivity index (χ1v) is 10.0. The SMILES string of the molecule is CCOc1c(Cl)cc(/C=C(/C#N)c2nc(-c3ccc(Cl)cc3)cs2)cc1OC. The summed E-state index contributed by atoms with van der Waals surface area (Å²) in [4.78, 5) is 4.59. The molecule has 0 saturated carbocycles. The standard InChI is InChI=1S/C21H16Cl2N2O2S/c1-3-27-20-17(23)9-13(10-19(20)26-2)8-15(11-24)21-25-18(12-28-21)14-4-6-16(22)7-5-14/h4-10,12H,3H2,1-2H3/b15-8-. The van der Waals surface area contributed by atoms with Gasteiger partial charge in [0.1, 0.15) is 11.1 Å². The Morgan fingerprint density at radius 3 is 2.64 bits per heavy atom. The molecule has 0 saturated heterocycles. The molecule has 0 N–H and O–H groups in total. The van der Waals surface area contributed by atoms with E-state index in [1.807, 2.05) is 36.6 Å². The molecule has 0 unspecified atom stereocenters. The van der Waals surface area contributed by atoms with Gasteiger partial charge in [-0.25, -0.2) is 4.98 Å². The summed E-state index contributed by atoms with van der Waals surface area (Å²) >= 11 is 13.7. The molecule has 7 heteroatoms. The molecular weight excluding hydrogens is 415 g/mol. The second kappa shape index (κ2) is 9.11. The lowest BCUT2D eigenvalue weighted by Gasteiger charge is -2.12. The molecule has 4 nitrogen and oxygen atoms in total. The molecule has 0 aliphatic heterocycles. The van der Waals surface area contributed by atoms with Crippen LogP contribution in [0.1, 0.15) is 17.5 Å². The van der Waals surface area contributed by atoms with Crippen molar-refractivity contribution >= 4 is 46.2 Å². The predicted molar refractivity (Wildman–Crippen MR) is 115 cm³/mol. The summed E-state index contributed by atoms with van der Waals surface area (Å²) in [6, 6.07) is 13.1. The zero-order chi connectivity index (χ0) is 20.1. The van der Waals surface area contributed by atoms with Crippen LogP contribution in [0, 0.1) is 11.3 Å². The van der Waals surface area contributed by atoms with Crippen LogP contribution in [0.25, 0.3) is 22.9 Å². The lowest BCUT2D eigenvalue weighted by atomic mass is 10.1. The Hall–Kier alpha value is -2.52. The highest BCUT2D eigenvalue weighted by Gasteiger charge is 2.13. The summed E-state index contributed by atoms with van der Waals surface area (Å²) in [5.41, 5.74) is 2.90. The molecule has 0 bridgehead atoms. The van der Waals surface area contributed by atoms with E-state index >= 15 is 0 Å². The number of allylic oxidation sites excluding steroid dienone is 1. The van der Waals surface area contributed by atoms with E-state index in [0.717, 1.165) is 16.8 Å². The number of halogens is 2. The summed E-state index contributed by atoms with van der Waals surface area (Å²) in [7, 11) is 1.55. The fourth-order valence-electron chi connectivity index (χ4n) is 2.57. The maximum Gasteiger partial charge on any atom is 0.179 e. The minimum atomic E-state index is 0.422. The third-order valence-electron chi connectivity index (χ3n) is 3.85. The zero-order valence-corrected chi connectivity index (χ0v) is 17.5. The Bertz CT molecular complexity index is 1050. The zero-order valence-electron chi connectivity index (χ0n) is 15.2. The van der Waals surface area contributed by atoms with Crippen LogP contribution < -0.4 is 9.47 Å². The Balaban J connectivity index is 1.96. The van der Waals surface area contributed by atoms with Crippen LogP contribution in [0.3, 0.4) is 0 Å². The fourth-order valence-corrected chi connectivity index (χ4v) is 3.76. The molecule has 28 heavy (non-hydrogen) atoms. The minimum Gasteiger partial charge on any atom is -0.493 e. The number of ether oxygens (including phenoxy) is 2. The van der Waals surface area contributed by atoms with Gasteiger partial charge in [0.05, 0.1) is 30.0 Å². The molecule has 0 aliphatic rings. The number of methoxy groups -OCH3 is 1. The molecule has 3 aromatic rings. The van der Waals surface area contributed by atoms with Crippen LogP contribution in [-0.4, -0.2) is 18.7 Å². The molecule has 0 fully saturated rings. The number of nitrogens with zero attached hydrogens (tertiary/aromatic N) is 2. The largest absolute Gasteiger partial charge is 0.493 e. The Labute approximate surface area is 177 Å². The summed E-state index contributed by atoms with van der Waals surface area (Å²) in [5, 5.41) is 13.3. The maximum atomic E-state index is 9.63. The monoisotopic (exact) mass is 430 g/mol. The van der Waals surface area contributed by atoms with E-state index < -0.39 is 0 Å². The van der Waals surface area contributed by atoms with Gasteiger partial charge in [-0.1, -0.05) is 35.3 Å². The van der Waals surface area contributed by atoms with Crippen molar-refractivity contribution in [3.05, 3.63) is 62.4 Å². The molecule has 0 atom stereocenters. The molecule has 1 aromatic heterocycles. The smallest absolute Gasteiger partial charge is 0.179 e. The van der Waals surface area contributed by atoms with Crippen molar-refractivity contribution in [1.82, 2.24) is 4.98 Å².